The van der Waals surface area contributed by atoms with Gasteiger partial charge in [-0.2, -0.15) is 0 Å². The minimum atomic E-state index is -1.24. The molecule has 3 atom stereocenters. The molecule has 114 valence electrons. The monoisotopic (exact) mass is 289 g/mol. The van der Waals surface area contributed by atoms with Crippen molar-refractivity contribution in [1.82, 2.24) is 4.90 Å². The largest absolute Gasteiger partial charge is 0.481 e. The highest BCUT2D eigenvalue weighted by molar-refractivity contribution is 5.99. The van der Waals surface area contributed by atoms with Gasteiger partial charge >= 0.3 is 11.9 Å². The van der Waals surface area contributed by atoms with Crippen molar-refractivity contribution in [3.05, 3.63) is 0 Å². The molecule has 2 saturated heterocycles. The van der Waals surface area contributed by atoms with Crippen molar-refractivity contribution < 1.29 is 34.4 Å². The van der Waals surface area contributed by atoms with Gasteiger partial charge in [-0.25, -0.2) is 0 Å². The van der Waals surface area contributed by atoms with Crippen LogP contribution in [0.2, 0.25) is 0 Å². The van der Waals surface area contributed by atoms with Crippen LogP contribution in [0.25, 0.3) is 0 Å². The average molecular weight is 289 g/mol. The number of carbonyl (C=O) groups is 3. The van der Waals surface area contributed by atoms with Gasteiger partial charge in [-0.3, -0.25) is 14.4 Å². The normalized spacial score (nSPS) is 29.6. The van der Waals surface area contributed by atoms with Crippen LogP contribution in [0.15, 0.2) is 0 Å². The summed E-state index contributed by atoms with van der Waals surface area (Å²) in [6.45, 7) is 3.54. The number of ether oxygens (including phenoxy) is 2. The van der Waals surface area contributed by atoms with Gasteiger partial charge in [-0.05, 0) is 6.42 Å². The molecule has 2 fully saturated rings. The van der Waals surface area contributed by atoms with Crippen LogP contribution in [0.3, 0.4) is 0 Å². The van der Waals surface area contributed by atoms with E-state index in [0.717, 1.165) is 0 Å². The molecular weight excluding hydrogens is 270 g/mol. The number of amides is 1. The summed E-state index contributed by atoms with van der Waals surface area (Å²) >= 11 is 0. The first kappa shape index (κ1) is 16.4. The molecule has 0 radical (unpaired) electrons. The number of esters is 1. The number of carboxylic acids is 1. The third-order valence-electron chi connectivity index (χ3n) is 3.62. The molecule has 20 heavy (non-hydrogen) atoms. The average Bonchev–Trinajstić information content (AvgIpc) is 2.75. The zero-order chi connectivity index (χ0) is 14.0. The molecule has 0 bridgehead atoms. The van der Waals surface area contributed by atoms with E-state index in [2.05, 4.69) is 0 Å². The van der Waals surface area contributed by atoms with Crippen molar-refractivity contribution in [1.29, 1.82) is 0 Å². The minimum Gasteiger partial charge on any atom is -0.481 e. The molecule has 8 heteroatoms. The summed E-state index contributed by atoms with van der Waals surface area (Å²) in [6, 6.07) is 0. The second-order valence-electron chi connectivity index (χ2n) is 4.68. The lowest BCUT2D eigenvalue weighted by atomic mass is 9.87. The van der Waals surface area contributed by atoms with E-state index in [1.54, 1.807) is 11.8 Å². The van der Waals surface area contributed by atoms with Crippen LogP contribution in [0, 0.1) is 11.8 Å². The molecule has 2 aliphatic rings. The lowest BCUT2D eigenvalue weighted by molar-refractivity contribution is -0.158. The van der Waals surface area contributed by atoms with E-state index in [4.69, 9.17) is 14.6 Å². The number of cyclic esters (lactones) is 1. The molecular formula is C12H19NO7. The van der Waals surface area contributed by atoms with Crippen molar-refractivity contribution in [3.8, 4) is 0 Å². The second kappa shape index (κ2) is 6.67. The Kier molecular flexibility index (Phi) is 5.46. The predicted molar refractivity (Wildman–Crippen MR) is 65.8 cm³/mol. The van der Waals surface area contributed by atoms with Gasteiger partial charge < -0.3 is 25.0 Å². The van der Waals surface area contributed by atoms with Gasteiger partial charge in [0.15, 0.2) is 12.0 Å². The molecule has 0 aromatic rings. The number of carboxylic acid groups (broad SMARTS) is 1. The standard InChI is InChI=1S/C12H17NO6.H2O/c1-2-7-8(11(15)16)12(17)19-9(7)10(14)13-3-5-18-6-4-13;/h7-9H,2-6H2,1H3,(H,15,16);1H2/t7-,8+,9+;/m1./s1. The molecule has 0 spiro atoms. The van der Waals surface area contributed by atoms with Gasteiger partial charge in [-0.15, -0.1) is 0 Å². The summed E-state index contributed by atoms with van der Waals surface area (Å²) < 4.78 is 10.2. The van der Waals surface area contributed by atoms with E-state index in [-0.39, 0.29) is 11.4 Å². The SMILES string of the molecule is CC[C@@H]1[C@@H](C(=O)O)C(=O)O[C@@H]1C(=O)N1CCOCC1.O. The van der Waals surface area contributed by atoms with Gasteiger partial charge in [0.25, 0.3) is 5.91 Å². The number of nitrogens with zero attached hydrogens (tertiary/aromatic N) is 1. The van der Waals surface area contributed by atoms with Crippen molar-refractivity contribution >= 4 is 17.8 Å². The van der Waals surface area contributed by atoms with Crippen LogP contribution >= 0.6 is 0 Å². The third kappa shape index (κ3) is 2.91. The summed E-state index contributed by atoms with van der Waals surface area (Å²) in [5.41, 5.74) is 0. The Hall–Kier alpha value is -1.67. The van der Waals surface area contributed by atoms with E-state index in [9.17, 15) is 14.4 Å². The van der Waals surface area contributed by atoms with Gasteiger partial charge in [0.1, 0.15) is 0 Å². The maximum absolute atomic E-state index is 12.3. The van der Waals surface area contributed by atoms with Gasteiger partial charge in [0, 0.05) is 19.0 Å². The lowest BCUT2D eigenvalue weighted by Gasteiger charge is -2.30. The molecule has 0 aromatic heterocycles. The second-order valence-corrected chi connectivity index (χ2v) is 4.68. The number of rotatable bonds is 3. The summed E-state index contributed by atoms with van der Waals surface area (Å²) in [5, 5.41) is 9.05. The third-order valence-corrected chi connectivity index (χ3v) is 3.62. The van der Waals surface area contributed by atoms with E-state index >= 15 is 0 Å². The molecule has 2 aliphatic heterocycles. The highest BCUT2D eigenvalue weighted by Gasteiger charge is 2.51. The molecule has 0 unspecified atom stereocenters. The first-order valence-corrected chi connectivity index (χ1v) is 6.36. The highest BCUT2D eigenvalue weighted by Crippen LogP contribution is 2.32. The van der Waals surface area contributed by atoms with E-state index in [1.807, 2.05) is 0 Å². The molecule has 3 N–H and O–H groups in total. The van der Waals surface area contributed by atoms with Crippen LogP contribution in [0.1, 0.15) is 13.3 Å². The first-order chi connectivity index (χ1) is 9.06. The fourth-order valence-electron chi connectivity index (χ4n) is 2.57. The van der Waals surface area contributed by atoms with Crippen LogP contribution in [0.5, 0.6) is 0 Å². The Morgan fingerprint density at radius 2 is 1.95 bits per heavy atom. The quantitative estimate of drug-likeness (QED) is 0.507. The Morgan fingerprint density at radius 1 is 1.35 bits per heavy atom. The number of hydrogen-bond donors (Lipinski definition) is 1. The van der Waals surface area contributed by atoms with Crippen molar-refractivity contribution in [3.63, 3.8) is 0 Å². The molecule has 1 amide bonds. The topological polar surface area (TPSA) is 125 Å². The van der Waals surface area contributed by atoms with Gasteiger partial charge in [-0.1, -0.05) is 6.92 Å². The van der Waals surface area contributed by atoms with E-state index < -0.39 is 29.9 Å². The minimum absolute atomic E-state index is 0. The maximum Gasteiger partial charge on any atom is 0.321 e. The fourth-order valence-corrected chi connectivity index (χ4v) is 2.57. The molecule has 8 nitrogen and oxygen atoms in total. The zero-order valence-electron chi connectivity index (χ0n) is 11.2. The number of aliphatic carboxylic acids is 1. The Balaban J connectivity index is 0.00000200. The predicted octanol–water partition coefficient (Wildman–Crippen LogP) is -1.33. The van der Waals surface area contributed by atoms with Crippen molar-refractivity contribution in [2.75, 3.05) is 26.3 Å². The fraction of sp³-hybridized carbons (Fsp3) is 0.750. The number of hydrogen-bond acceptors (Lipinski definition) is 5. The summed E-state index contributed by atoms with van der Waals surface area (Å²) in [4.78, 5) is 36.5. The smallest absolute Gasteiger partial charge is 0.321 e. The maximum atomic E-state index is 12.3. The Labute approximate surface area is 115 Å². The Bertz CT molecular complexity index is 391. The number of morpholine rings is 1. The summed E-state index contributed by atoms with van der Waals surface area (Å²) in [7, 11) is 0. The number of carbonyl (C=O) groups excluding carboxylic acids is 2. The summed E-state index contributed by atoms with van der Waals surface area (Å²) in [5.74, 6) is -4.19. The molecule has 2 heterocycles. The summed E-state index contributed by atoms with van der Waals surface area (Å²) in [6.07, 6.45) is -0.569. The highest BCUT2D eigenvalue weighted by atomic mass is 16.6. The van der Waals surface area contributed by atoms with Crippen LogP contribution in [-0.4, -0.2) is 65.7 Å². The van der Waals surface area contributed by atoms with Crippen molar-refractivity contribution in [2.45, 2.75) is 19.4 Å². The Morgan fingerprint density at radius 3 is 2.45 bits per heavy atom. The lowest BCUT2D eigenvalue weighted by Crippen LogP contribution is -2.47. The molecule has 2 rings (SSSR count). The van der Waals surface area contributed by atoms with E-state index in [0.29, 0.717) is 32.7 Å². The zero-order valence-corrected chi connectivity index (χ0v) is 11.2. The van der Waals surface area contributed by atoms with Crippen LogP contribution < -0.4 is 0 Å². The van der Waals surface area contributed by atoms with Crippen LogP contribution in [0.4, 0.5) is 0 Å². The van der Waals surface area contributed by atoms with Gasteiger partial charge in [0.2, 0.25) is 0 Å². The molecule has 0 saturated carbocycles. The molecule has 0 aromatic carbocycles. The first-order valence-electron chi connectivity index (χ1n) is 6.36. The van der Waals surface area contributed by atoms with Crippen molar-refractivity contribution in [2.24, 2.45) is 11.8 Å². The van der Waals surface area contributed by atoms with Crippen LogP contribution in [-0.2, 0) is 23.9 Å². The van der Waals surface area contributed by atoms with Gasteiger partial charge in [0.05, 0.1) is 13.2 Å². The molecule has 0 aliphatic carbocycles. The van der Waals surface area contributed by atoms with E-state index in [1.165, 1.54) is 0 Å².